The molecular formula is C19H14N2O4. The van der Waals surface area contributed by atoms with Gasteiger partial charge in [0, 0.05) is 17.9 Å². The molecular weight excluding hydrogens is 320 g/mol. The molecule has 1 atom stereocenters. The van der Waals surface area contributed by atoms with Crippen molar-refractivity contribution in [2.45, 2.75) is 13.2 Å². The van der Waals surface area contributed by atoms with E-state index in [2.05, 4.69) is 5.10 Å². The van der Waals surface area contributed by atoms with E-state index in [1.165, 1.54) is 11.9 Å². The molecule has 2 heterocycles. The van der Waals surface area contributed by atoms with Crippen LogP contribution in [-0.2, 0) is 9.53 Å². The average molecular weight is 334 g/mol. The Morgan fingerprint density at radius 3 is 2.56 bits per heavy atom. The Hall–Kier alpha value is -3.41. The summed E-state index contributed by atoms with van der Waals surface area (Å²) in [6.07, 6.45) is -0.709. The summed E-state index contributed by atoms with van der Waals surface area (Å²) < 4.78 is 11.2. The quantitative estimate of drug-likeness (QED) is 0.675. The van der Waals surface area contributed by atoms with E-state index in [4.69, 9.17) is 9.15 Å². The lowest BCUT2D eigenvalue weighted by Crippen LogP contribution is -2.25. The van der Waals surface area contributed by atoms with Gasteiger partial charge in [-0.05, 0) is 12.1 Å². The fourth-order valence-electron chi connectivity index (χ4n) is 2.72. The van der Waals surface area contributed by atoms with Gasteiger partial charge in [0.2, 0.25) is 18.0 Å². The van der Waals surface area contributed by atoms with Crippen molar-refractivity contribution in [3.8, 4) is 0 Å². The van der Waals surface area contributed by atoms with E-state index < -0.39 is 11.9 Å². The molecule has 4 rings (SSSR count). The largest absolute Gasteiger partial charge is 0.445 e. The molecule has 124 valence electrons. The van der Waals surface area contributed by atoms with Crippen LogP contribution in [0.3, 0.4) is 0 Å². The molecule has 1 aromatic heterocycles. The van der Waals surface area contributed by atoms with Crippen LogP contribution in [0.4, 0.5) is 0 Å². The molecule has 2 aromatic carbocycles. The van der Waals surface area contributed by atoms with Gasteiger partial charge in [-0.2, -0.15) is 5.01 Å². The molecule has 6 nitrogen and oxygen atoms in total. The highest BCUT2D eigenvalue weighted by Gasteiger charge is 2.34. The molecule has 1 unspecified atom stereocenters. The van der Waals surface area contributed by atoms with Crippen LogP contribution in [0.25, 0.3) is 11.0 Å². The molecule has 1 aliphatic rings. The van der Waals surface area contributed by atoms with Gasteiger partial charge >= 0.3 is 5.63 Å². The van der Waals surface area contributed by atoms with Crippen LogP contribution in [-0.4, -0.2) is 16.8 Å². The van der Waals surface area contributed by atoms with E-state index in [-0.39, 0.29) is 17.4 Å². The summed E-state index contributed by atoms with van der Waals surface area (Å²) in [5.41, 5.74) is 0.873. The number of hydrogen-bond donors (Lipinski definition) is 0. The summed E-state index contributed by atoms with van der Waals surface area (Å²) in [5, 5.41) is 6.17. The van der Waals surface area contributed by atoms with E-state index in [1.54, 1.807) is 18.2 Å². The highest BCUT2D eigenvalue weighted by molar-refractivity contribution is 5.98. The SMILES string of the molecule is CC(=O)N1N=C(c2cc3ccccc3oc2=O)OC1c1ccccc1. The number of fused-ring (bicyclic) bond motifs is 1. The van der Waals surface area contributed by atoms with Gasteiger partial charge in [-0.3, -0.25) is 4.79 Å². The number of rotatable bonds is 2. The summed E-state index contributed by atoms with van der Waals surface area (Å²) in [7, 11) is 0. The normalized spacial score (nSPS) is 16.6. The second-order valence-corrected chi connectivity index (χ2v) is 5.63. The Labute approximate surface area is 142 Å². The molecule has 0 fully saturated rings. The van der Waals surface area contributed by atoms with Crippen molar-refractivity contribution in [1.29, 1.82) is 0 Å². The summed E-state index contributed by atoms with van der Waals surface area (Å²) in [4.78, 5) is 24.3. The van der Waals surface area contributed by atoms with E-state index >= 15 is 0 Å². The van der Waals surface area contributed by atoms with Crippen molar-refractivity contribution < 1.29 is 13.9 Å². The predicted molar refractivity (Wildman–Crippen MR) is 91.8 cm³/mol. The molecule has 0 aliphatic carbocycles. The van der Waals surface area contributed by atoms with Crippen LogP contribution >= 0.6 is 0 Å². The second kappa shape index (κ2) is 5.90. The van der Waals surface area contributed by atoms with Gasteiger partial charge in [-0.15, -0.1) is 5.10 Å². The van der Waals surface area contributed by atoms with Crippen molar-refractivity contribution in [1.82, 2.24) is 5.01 Å². The molecule has 3 aromatic rings. The van der Waals surface area contributed by atoms with Crippen LogP contribution in [0.1, 0.15) is 24.3 Å². The number of nitrogens with zero attached hydrogens (tertiary/aromatic N) is 2. The number of hydrazone groups is 1. The first kappa shape index (κ1) is 15.1. The molecule has 0 bridgehead atoms. The minimum atomic E-state index is -0.709. The first-order valence-electron chi connectivity index (χ1n) is 7.77. The zero-order valence-corrected chi connectivity index (χ0v) is 13.4. The Balaban J connectivity index is 1.78. The van der Waals surface area contributed by atoms with Gasteiger partial charge in [0.1, 0.15) is 11.1 Å². The minimum Gasteiger partial charge on any atom is -0.445 e. The summed E-state index contributed by atoms with van der Waals surface area (Å²) in [5.74, 6) is -0.211. The lowest BCUT2D eigenvalue weighted by molar-refractivity contribution is -0.135. The molecule has 0 spiro atoms. The summed E-state index contributed by atoms with van der Waals surface area (Å²) in [6, 6.07) is 18.1. The van der Waals surface area contributed by atoms with Crippen molar-refractivity contribution in [2.24, 2.45) is 5.10 Å². The molecule has 25 heavy (non-hydrogen) atoms. The first-order chi connectivity index (χ1) is 12.1. The third-order valence-corrected chi connectivity index (χ3v) is 3.92. The number of amides is 1. The van der Waals surface area contributed by atoms with Crippen molar-refractivity contribution in [3.63, 3.8) is 0 Å². The lowest BCUT2D eigenvalue weighted by Gasteiger charge is -2.18. The predicted octanol–water partition coefficient (Wildman–Crippen LogP) is 3.03. The Kier molecular flexibility index (Phi) is 3.57. The average Bonchev–Trinajstić information content (AvgIpc) is 3.07. The first-order valence-corrected chi connectivity index (χ1v) is 7.77. The van der Waals surface area contributed by atoms with Crippen LogP contribution < -0.4 is 5.63 Å². The zero-order valence-electron chi connectivity index (χ0n) is 13.4. The van der Waals surface area contributed by atoms with Crippen molar-refractivity contribution >= 4 is 22.8 Å². The van der Waals surface area contributed by atoms with Crippen molar-refractivity contribution in [3.05, 3.63) is 82.2 Å². The highest BCUT2D eigenvalue weighted by atomic mass is 16.5. The third-order valence-electron chi connectivity index (χ3n) is 3.92. The fraction of sp³-hybridized carbons (Fsp3) is 0.105. The maximum Gasteiger partial charge on any atom is 0.349 e. The lowest BCUT2D eigenvalue weighted by atomic mass is 10.2. The minimum absolute atomic E-state index is 0.0727. The van der Waals surface area contributed by atoms with Gasteiger partial charge < -0.3 is 9.15 Å². The van der Waals surface area contributed by atoms with Gasteiger partial charge in [-0.25, -0.2) is 4.79 Å². The van der Waals surface area contributed by atoms with Crippen LogP contribution in [0, 0.1) is 0 Å². The summed E-state index contributed by atoms with van der Waals surface area (Å²) >= 11 is 0. The van der Waals surface area contributed by atoms with Crippen LogP contribution in [0.2, 0.25) is 0 Å². The van der Waals surface area contributed by atoms with Crippen LogP contribution in [0.15, 0.2) is 75.0 Å². The number of carbonyl (C=O) groups is 1. The second-order valence-electron chi connectivity index (χ2n) is 5.63. The van der Waals surface area contributed by atoms with E-state index in [0.717, 1.165) is 10.9 Å². The zero-order chi connectivity index (χ0) is 17.4. The Bertz CT molecular complexity index is 1040. The molecule has 0 radical (unpaired) electrons. The number of para-hydroxylation sites is 1. The van der Waals surface area contributed by atoms with Gasteiger partial charge in [-0.1, -0.05) is 48.5 Å². The monoisotopic (exact) mass is 334 g/mol. The Morgan fingerprint density at radius 1 is 1.08 bits per heavy atom. The van der Waals surface area contributed by atoms with Crippen LogP contribution in [0.5, 0.6) is 0 Å². The van der Waals surface area contributed by atoms with Gasteiger partial charge in [0.15, 0.2) is 0 Å². The topological polar surface area (TPSA) is 72.1 Å². The Morgan fingerprint density at radius 2 is 1.80 bits per heavy atom. The molecule has 0 saturated heterocycles. The maximum absolute atomic E-state index is 12.3. The van der Waals surface area contributed by atoms with Gasteiger partial charge in [0.05, 0.1) is 0 Å². The van der Waals surface area contributed by atoms with Gasteiger partial charge in [0.25, 0.3) is 0 Å². The maximum atomic E-state index is 12.3. The van der Waals surface area contributed by atoms with Crippen molar-refractivity contribution in [2.75, 3.05) is 0 Å². The van der Waals surface area contributed by atoms with E-state index in [9.17, 15) is 9.59 Å². The third kappa shape index (κ3) is 2.67. The number of ether oxygens (including phenoxy) is 1. The summed E-state index contributed by atoms with van der Waals surface area (Å²) in [6.45, 7) is 1.40. The fourth-order valence-corrected chi connectivity index (χ4v) is 2.72. The number of benzene rings is 2. The molecule has 1 amide bonds. The smallest absolute Gasteiger partial charge is 0.349 e. The van der Waals surface area contributed by atoms with E-state index in [0.29, 0.717) is 5.58 Å². The number of carbonyl (C=O) groups excluding carboxylic acids is 1. The molecule has 6 heteroatoms. The molecule has 0 saturated carbocycles. The highest BCUT2D eigenvalue weighted by Crippen LogP contribution is 2.29. The number of hydrogen-bond acceptors (Lipinski definition) is 5. The molecule has 0 N–H and O–H groups in total. The standard InChI is InChI=1S/C19H14N2O4/c1-12(22)21-18(13-7-3-2-4-8-13)25-17(20-21)15-11-14-9-5-6-10-16(14)24-19(15)23/h2-11,18H,1H3. The molecule has 1 aliphatic heterocycles. The van der Waals surface area contributed by atoms with E-state index in [1.807, 2.05) is 42.5 Å².